The molecule has 3 heterocycles. The number of nitrogens with one attached hydrogen (secondary N) is 1. The average Bonchev–Trinajstić information content (AvgIpc) is 3.30. The van der Waals surface area contributed by atoms with Crippen LogP contribution in [0.25, 0.3) is 15.9 Å². The molecule has 7 nitrogen and oxygen atoms in total. The largest absolute Gasteiger partial charge is 0.348 e. The lowest BCUT2D eigenvalue weighted by molar-refractivity contribution is 0.0938. The van der Waals surface area contributed by atoms with Crippen molar-refractivity contribution in [3.63, 3.8) is 0 Å². The van der Waals surface area contributed by atoms with Gasteiger partial charge in [-0.3, -0.25) is 4.79 Å². The smallest absolute Gasteiger partial charge is 0.291 e. The molecular formula is C22H32N6OS. The summed E-state index contributed by atoms with van der Waals surface area (Å²) < 4.78 is 1.66. The molecule has 1 atom stereocenters. The fourth-order valence-electron chi connectivity index (χ4n) is 4.36. The molecule has 3 aromatic rings. The highest BCUT2D eigenvalue weighted by atomic mass is 32.1. The third-order valence-electron chi connectivity index (χ3n) is 6.42. The minimum absolute atomic E-state index is 0.215. The fraction of sp³-hybridized carbons (Fsp3) is 0.636. The van der Waals surface area contributed by atoms with Crippen LogP contribution in [0.1, 0.15) is 62.1 Å². The molecule has 8 heteroatoms. The number of aromatic nitrogens is 4. The number of aryl methyl sites for hydroxylation is 1. The first kappa shape index (κ1) is 21.2. The number of fused-ring (bicyclic) bond motifs is 5. The van der Waals surface area contributed by atoms with Crippen molar-refractivity contribution in [2.45, 2.75) is 53.9 Å². The van der Waals surface area contributed by atoms with Gasteiger partial charge in [0.05, 0.1) is 5.39 Å². The summed E-state index contributed by atoms with van der Waals surface area (Å²) in [6.45, 7) is 14.6. The maximum absolute atomic E-state index is 12.6. The lowest BCUT2D eigenvalue weighted by Crippen LogP contribution is -2.35. The molecule has 0 aromatic carbocycles. The van der Waals surface area contributed by atoms with E-state index in [0.717, 1.165) is 48.3 Å². The van der Waals surface area contributed by atoms with Gasteiger partial charge in [0, 0.05) is 18.0 Å². The maximum atomic E-state index is 12.6. The molecule has 0 bridgehead atoms. The Kier molecular flexibility index (Phi) is 5.81. The Hall–Kier alpha value is -2.06. The van der Waals surface area contributed by atoms with E-state index >= 15 is 0 Å². The van der Waals surface area contributed by atoms with E-state index in [0.29, 0.717) is 17.9 Å². The van der Waals surface area contributed by atoms with Crippen molar-refractivity contribution in [3.8, 4) is 0 Å². The standard InChI is InChI=1S/C22H32N6OS/c1-6-27(7-2)11-10-23-20(29)18-25-19-17-15-9-8-14(22(3,4)5)12-16(15)30-21(17)24-13-28(19)26-18/h13-14H,6-12H2,1-5H3,(H,23,29)/t14-/m0/s1. The topological polar surface area (TPSA) is 75.4 Å². The number of nitrogens with zero attached hydrogens (tertiary/aromatic N) is 5. The number of rotatable bonds is 6. The van der Waals surface area contributed by atoms with Gasteiger partial charge in [-0.1, -0.05) is 34.6 Å². The van der Waals surface area contributed by atoms with Gasteiger partial charge < -0.3 is 10.2 Å². The first-order chi connectivity index (χ1) is 14.3. The van der Waals surface area contributed by atoms with Gasteiger partial charge in [0.2, 0.25) is 5.82 Å². The molecular weight excluding hydrogens is 396 g/mol. The molecule has 4 rings (SSSR count). The van der Waals surface area contributed by atoms with Crippen LogP contribution in [0.2, 0.25) is 0 Å². The first-order valence-electron chi connectivity index (χ1n) is 11.0. The second-order valence-corrected chi connectivity index (χ2v) is 10.3. The Balaban J connectivity index is 1.60. The zero-order chi connectivity index (χ0) is 21.5. The van der Waals surface area contributed by atoms with Crippen molar-refractivity contribution in [1.82, 2.24) is 29.8 Å². The summed E-state index contributed by atoms with van der Waals surface area (Å²) in [6, 6.07) is 0. The van der Waals surface area contributed by atoms with E-state index in [2.05, 4.69) is 59.9 Å². The lowest BCUT2D eigenvalue weighted by Gasteiger charge is -2.33. The molecule has 0 radical (unpaired) electrons. The summed E-state index contributed by atoms with van der Waals surface area (Å²) in [7, 11) is 0. The average molecular weight is 429 g/mol. The zero-order valence-corrected chi connectivity index (χ0v) is 19.5. The number of carbonyl (C=O) groups is 1. The lowest BCUT2D eigenvalue weighted by atomic mass is 9.72. The van der Waals surface area contributed by atoms with Crippen molar-refractivity contribution in [2.75, 3.05) is 26.2 Å². The molecule has 1 N–H and O–H groups in total. The molecule has 30 heavy (non-hydrogen) atoms. The predicted molar refractivity (Wildman–Crippen MR) is 121 cm³/mol. The summed E-state index contributed by atoms with van der Waals surface area (Å²) in [5, 5.41) is 8.44. The number of amides is 1. The third kappa shape index (κ3) is 3.95. The summed E-state index contributed by atoms with van der Waals surface area (Å²) in [4.78, 5) is 26.5. The van der Waals surface area contributed by atoms with E-state index in [1.165, 1.54) is 16.9 Å². The van der Waals surface area contributed by atoms with Crippen molar-refractivity contribution in [1.29, 1.82) is 0 Å². The monoisotopic (exact) mass is 428 g/mol. The second-order valence-electron chi connectivity index (χ2n) is 9.22. The molecule has 1 aliphatic rings. The Labute approximate surface area is 181 Å². The summed E-state index contributed by atoms with van der Waals surface area (Å²) >= 11 is 1.78. The van der Waals surface area contributed by atoms with Gasteiger partial charge in [-0.2, -0.15) is 0 Å². The maximum Gasteiger partial charge on any atom is 0.291 e. The van der Waals surface area contributed by atoms with Gasteiger partial charge in [0.25, 0.3) is 5.91 Å². The van der Waals surface area contributed by atoms with Crippen LogP contribution in [0.5, 0.6) is 0 Å². The third-order valence-corrected chi connectivity index (χ3v) is 7.58. The van der Waals surface area contributed by atoms with Crippen LogP contribution >= 0.6 is 11.3 Å². The van der Waals surface area contributed by atoms with Gasteiger partial charge in [-0.25, -0.2) is 14.5 Å². The molecule has 0 aliphatic heterocycles. The van der Waals surface area contributed by atoms with E-state index in [1.807, 2.05) is 0 Å². The zero-order valence-electron chi connectivity index (χ0n) is 18.7. The normalized spacial score (nSPS) is 17.1. The van der Waals surface area contributed by atoms with Gasteiger partial charge >= 0.3 is 0 Å². The summed E-state index contributed by atoms with van der Waals surface area (Å²) in [5.74, 6) is 0.669. The summed E-state index contributed by atoms with van der Waals surface area (Å²) in [5.41, 5.74) is 2.41. The highest BCUT2D eigenvalue weighted by molar-refractivity contribution is 7.19. The number of likely N-dealkylation sites (N-methyl/N-ethyl adjacent to an activating group) is 1. The molecule has 3 aromatic heterocycles. The predicted octanol–water partition coefficient (Wildman–Crippen LogP) is 3.56. The van der Waals surface area contributed by atoms with Crippen LogP contribution in [-0.4, -0.2) is 56.6 Å². The summed E-state index contributed by atoms with van der Waals surface area (Å²) in [6.07, 6.45) is 4.99. The Morgan fingerprint density at radius 1 is 1.33 bits per heavy atom. The highest BCUT2D eigenvalue weighted by Gasteiger charge is 2.32. The van der Waals surface area contributed by atoms with Crippen LogP contribution < -0.4 is 5.32 Å². The van der Waals surface area contributed by atoms with Crippen molar-refractivity contribution >= 4 is 33.1 Å². The van der Waals surface area contributed by atoms with Crippen LogP contribution in [-0.2, 0) is 12.8 Å². The van der Waals surface area contributed by atoms with Gasteiger partial charge in [-0.05, 0) is 49.2 Å². The minimum atomic E-state index is -0.226. The van der Waals surface area contributed by atoms with E-state index in [-0.39, 0.29) is 11.7 Å². The number of hydrogen-bond donors (Lipinski definition) is 1. The Bertz CT molecular complexity index is 1060. The molecule has 1 aliphatic carbocycles. The molecule has 0 saturated carbocycles. The van der Waals surface area contributed by atoms with E-state index in [9.17, 15) is 4.79 Å². The Morgan fingerprint density at radius 2 is 2.10 bits per heavy atom. The quantitative estimate of drug-likeness (QED) is 0.650. The fourth-order valence-corrected chi connectivity index (χ4v) is 5.62. The Morgan fingerprint density at radius 3 is 2.80 bits per heavy atom. The van der Waals surface area contributed by atoms with Crippen molar-refractivity contribution in [3.05, 3.63) is 22.6 Å². The van der Waals surface area contributed by atoms with Gasteiger partial charge in [0.1, 0.15) is 11.2 Å². The second kappa shape index (κ2) is 8.23. The minimum Gasteiger partial charge on any atom is -0.348 e. The molecule has 0 unspecified atom stereocenters. The van der Waals surface area contributed by atoms with Gasteiger partial charge in [-0.15, -0.1) is 16.4 Å². The molecule has 0 saturated heterocycles. The van der Waals surface area contributed by atoms with Gasteiger partial charge in [0.15, 0.2) is 5.65 Å². The first-order valence-corrected chi connectivity index (χ1v) is 11.8. The van der Waals surface area contributed by atoms with E-state index < -0.39 is 0 Å². The van der Waals surface area contributed by atoms with Crippen LogP contribution in [0.4, 0.5) is 0 Å². The van der Waals surface area contributed by atoms with Crippen LogP contribution in [0, 0.1) is 11.3 Å². The number of carbonyl (C=O) groups excluding carboxylic acids is 1. The molecule has 162 valence electrons. The van der Waals surface area contributed by atoms with Crippen LogP contribution in [0.3, 0.4) is 0 Å². The number of hydrogen-bond acceptors (Lipinski definition) is 6. The molecule has 0 spiro atoms. The van der Waals surface area contributed by atoms with Crippen molar-refractivity contribution in [2.24, 2.45) is 11.3 Å². The molecule has 1 amide bonds. The van der Waals surface area contributed by atoms with Crippen molar-refractivity contribution < 1.29 is 4.79 Å². The molecule has 0 fully saturated rings. The van der Waals surface area contributed by atoms with E-state index in [4.69, 9.17) is 0 Å². The number of thiophene rings is 1. The SMILES string of the molecule is CCN(CC)CCNC(=O)c1nc2c3c4c(sc3ncn2n1)C[C@@H](C(C)(C)C)CC4. The van der Waals surface area contributed by atoms with E-state index in [1.54, 1.807) is 22.2 Å². The highest BCUT2D eigenvalue weighted by Crippen LogP contribution is 2.43. The van der Waals surface area contributed by atoms with Crippen LogP contribution in [0.15, 0.2) is 6.33 Å².